The highest BCUT2D eigenvalue weighted by Gasteiger charge is 2.39. The number of nitrogens with zero attached hydrogens (tertiary/aromatic N) is 2. The first kappa shape index (κ1) is 13.5. The molecule has 2 heterocycles. The van der Waals surface area contributed by atoms with Gasteiger partial charge in [-0.25, -0.2) is 0 Å². The standard InChI is InChI=1S/C13H23N3O2/c1-9(12-7-16(4)15-10(12)2)14-8-13(17)5-6-18-11(13)3/h7,9,11,14,17H,5-6,8H2,1-4H3. The van der Waals surface area contributed by atoms with Gasteiger partial charge in [-0.1, -0.05) is 0 Å². The third kappa shape index (κ3) is 2.58. The summed E-state index contributed by atoms with van der Waals surface area (Å²) < 4.78 is 7.25. The first-order chi connectivity index (χ1) is 8.42. The molecule has 1 saturated heterocycles. The van der Waals surface area contributed by atoms with Gasteiger partial charge in [0.25, 0.3) is 0 Å². The summed E-state index contributed by atoms with van der Waals surface area (Å²) in [5.74, 6) is 0. The van der Waals surface area contributed by atoms with Crippen molar-refractivity contribution in [2.24, 2.45) is 7.05 Å². The van der Waals surface area contributed by atoms with Crippen LogP contribution in [0.15, 0.2) is 6.20 Å². The Morgan fingerprint density at radius 2 is 2.44 bits per heavy atom. The summed E-state index contributed by atoms with van der Waals surface area (Å²) in [6, 6.07) is 0.176. The lowest BCUT2D eigenvalue weighted by molar-refractivity contribution is -0.0274. The number of rotatable bonds is 4. The summed E-state index contributed by atoms with van der Waals surface area (Å²) in [5.41, 5.74) is 1.46. The van der Waals surface area contributed by atoms with Crippen LogP contribution in [-0.2, 0) is 11.8 Å². The van der Waals surface area contributed by atoms with E-state index in [1.807, 2.05) is 31.8 Å². The highest BCUT2D eigenvalue weighted by Crippen LogP contribution is 2.26. The second-order valence-corrected chi connectivity index (χ2v) is 5.31. The van der Waals surface area contributed by atoms with Gasteiger partial charge >= 0.3 is 0 Å². The average molecular weight is 253 g/mol. The van der Waals surface area contributed by atoms with E-state index in [2.05, 4.69) is 17.3 Å². The van der Waals surface area contributed by atoms with Crippen molar-refractivity contribution in [3.05, 3.63) is 17.5 Å². The molecule has 3 unspecified atom stereocenters. The van der Waals surface area contributed by atoms with Crippen molar-refractivity contribution in [1.82, 2.24) is 15.1 Å². The topological polar surface area (TPSA) is 59.3 Å². The van der Waals surface area contributed by atoms with Crippen LogP contribution in [0.3, 0.4) is 0 Å². The number of aryl methyl sites for hydroxylation is 2. The molecule has 0 radical (unpaired) electrons. The highest BCUT2D eigenvalue weighted by atomic mass is 16.5. The smallest absolute Gasteiger partial charge is 0.105 e. The van der Waals surface area contributed by atoms with Crippen molar-refractivity contribution in [2.75, 3.05) is 13.2 Å². The fraction of sp³-hybridized carbons (Fsp3) is 0.769. The molecule has 0 bridgehead atoms. The van der Waals surface area contributed by atoms with Gasteiger partial charge in [0, 0.05) is 44.4 Å². The van der Waals surface area contributed by atoms with Gasteiger partial charge in [-0.15, -0.1) is 0 Å². The second kappa shape index (κ2) is 4.99. The summed E-state index contributed by atoms with van der Waals surface area (Å²) >= 11 is 0. The predicted octanol–water partition coefficient (Wildman–Crippen LogP) is 0.919. The van der Waals surface area contributed by atoms with E-state index in [1.165, 1.54) is 5.56 Å². The molecule has 0 aliphatic carbocycles. The number of nitrogens with one attached hydrogen (secondary N) is 1. The van der Waals surface area contributed by atoms with E-state index in [0.29, 0.717) is 19.6 Å². The maximum Gasteiger partial charge on any atom is 0.105 e. The molecule has 0 spiro atoms. The summed E-state index contributed by atoms with van der Waals surface area (Å²) in [4.78, 5) is 0. The molecule has 0 aromatic carbocycles. The van der Waals surface area contributed by atoms with E-state index >= 15 is 0 Å². The maximum atomic E-state index is 10.4. The Morgan fingerprint density at radius 3 is 2.94 bits per heavy atom. The molecule has 102 valence electrons. The van der Waals surface area contributed by atoms with Gasteiger partial charge in [0.05, 0.1) is 11.8 Å². The minimum absolute atomic E-state index is 0.104. The molecule has 1 aromatic rings. The quantitative estimate of drug-likeness (QED) is 0.837. The molecule has 1 aliphatic rings. The second-order valence-electron chi connectivity index (χ2n) is 5.31. The molecule has 1 aromatic heterocycles. The van der Waals surface area contributed by atoms with E-state index in [4.69, 9.17) is 4.74 Å². The lowest BCUT2D eigenvalue weighted by Crippen LogP contribution is -2.46. The van der Waals surface area contributed by atoms with E-state index in [1.54, 1.807) is 0 Å². The monoisotopic (exact) mass is 253 g/mol. The molecule has 5 nitrogen and oxygen atoms in total. The minimum Gasteiger partial charge on any atom is -0.386 e. The van der Waals surface area contributed by atoms with Crippen molar-refractivity contribution >= 4 is 0 Å². The van der Waals surface area contributed by atoms with Crippen molar-refractivity contribution in [3.8, 4) is 0 Å². The van der Waals surface area contributed by atoms with Gasteiger partial charge in [-0.2, -0.15) is 5.10 Å². The zero-order chi connectivity index (χ0) is 13.3. The van der Waals surface area contributed by atoms with E-state index < -0.39 is 5.60 Å². The Kier molecular flexibility index (Phi) is 3.75. The minimum atomic E-state index is -0.746. The van der Waals surface area contributed by atoms with Crippen LogP contribution in [0.5, 0.6) is 0 Å². The molecular weight excluding hydrogens is 230 g/mol. The normalized spacial score (nSPS) is 29.7. The van der Waals surface area contributed by atoms with Gasteiger partial charge in [0.15, 0.2) is 0 Å². The lowest BCUT2D eigenvalue weighted by Gasteiger charge is -2.28. The number of ether oxygens (including phenoxy) is 1. The van der Waals surface area contributed by atoms with Crippen LogP contribution in [-0.4, -0.2) is 39.7 Å². The predicted molar refractivity (Wildman–Crippen MR) is 69.3 cm³/mol. The number of hydrogen-bond acceptors (Lipinski definition) is 4. The number of aliphatic hydroxyl groups is 1. The van der Waals surface area contributed by atoms with Crippen LogP contribution in [0, 0.1) is 6.92 Å². The van der Waals surface area contributed by atoms with Gasteiger partial charge in [0.1, 0.15) is 5.60 Å². The van der Waals surface area contributed by atoms with Crippen LogP contribution in [0.1, 0.15) is 37.6 Å². The number of aromatic nitrogens is 2. The van der Waals surface area contributed by atoms with Gasteiger partial charge < -0.3 is 15.2 Å². The molecule has 2 rings (SSSR count). The van der Waals surface area contributed by atoms with Crippen LogP contribution < -0.4 is 5.32 Å². The molecular formula is C13H23N3O2. The van der Waals surface area contributed by atoms with Crippen LogP contribution >= 0.6 is 0 Å². The van der Waals surface area contributed by atoms with Gasteiger partial charge in [-0.3, -0.25) is 4.68 Å². The summed E-state index contributed by atoms with van der Waals surface area (Å²) in [5, 5.41) is 18.1. The first-order valence-corrected chi connectivity index (χ1v) is 6.50. The SMILES string of the molecule is Cc1nn(C)cc1C(C)NCC1(O)CCOC1C. The zero-order valence-electron chi connectivity index (χ0n) is 11.6. The van der Waals surface area contributed by atoms with Crippen LogP contribution in [0.25, 0.3) is 0 Å². The molecule has 0 saturated carbocycles. The molecule has 18 heavy (non-hydrogen) atoms. The van der Waals surface area contributed by atoms with Gasteiger partial charge in [0.2, 0.25) is 0 Å². The third-order valence-electron chi connectivity index (χ3n) is 3.89. The summed E-state index contributed by atoms with van der Waals surface area (Å²) in [6.07, 6.45) is 2.61. The first-order valence-electron chi connectivity index (χ1n) is 6.50. The molecule has 2 N–H and O–H groups in total. The molecule has 5 heteroatoms. The van der Waals surface area contributed by atoms with E-state index in [9.17, 15) is 5.11 Å². The number of hydrogen-bond donors (Lipinski definition) is 2. The third-order valence-corrected chi connectivity index (χ3v) is 3.89. The highest BCUT2D eigenvalue weighted by molar-refractivity contribution is 5.19. The Bertz CT molecular complexity index is 418. The Hall–Kier alpha value is -0.910. The summed E-state index contributed by atoms with van der Waals surface area (Å²) in [6.45, 7) is 7.20. The Balaban J connectivity index is 1.96. The lowest BCUT2D eigenvalue weighted by atomic mass is 9.96. The Labute approximate surface area is 108 Å². The molecule has 1 aliphatic heterocycles. The molecule has 0 amide bonds. The van der Waals surface area contributed by atoms with Gasteiger partial charge in [-0.05, 0) is 20.8 Å². The van der Waals surface area contributed by atoms with Crippen molar-refractivity contribution in [1.29, 1.82) is 0 Å². The van der Waals surface area contributed by atoms with Crippen LogP contribution in [0.4, 0.5) is 0 Å². The van der Waals surface area contributed by atoms with Crippen molar-refractivity contribution < 1.29 is 9.84 Å². The van der Waals surface area contributed by atoms with E-state index in [0.717, 1.165) is 5.69 Å². The molecule has 1 fully saturated rings. The Morgan fingerprint density at radius 1 is 1.72 bits per heavy atom. The zero-order valence-corrected chi connectivity index (χ0v) is 11.6. The molecule has 3 atom stereocenters. The largest absolute Gasteiger partial charge is 0.386 e. The van der Waals surface area contributed by atoms with Crippen molar-refractivity contribution in [3.63, 3.8) is 0 Å². The van der Waals surface area contributed by atoms with Crippen molar-refractivity contribution in [2.45, 2.75) is 44.9 Å². The van der Waals surface area contributed by atoms with E-state index in [-0.39, 0.29) is 12.1 Å². The van der Waals surface area contributed by atoms with Crippen LogP contribution in [0.2, 0.25) is 0 Å². The maximum absolute atomic E-state index is 10.4. The fourth-order valence-corrected chi connectivity index (χ4v) is 2.49. The fourth-order valence-electron chi connectivity index (χ4n) is 2.49. The summed E-state index contributed by atoms with van der Waals surface area (Å²) in [7, 11) is 1.92. The average Bonchev–Trinajstić information content (AvgIpc) is 2.80.